The van der Waals surface area contributed by atoms with E-state index in [0.717, 1.165) is 19.3 Å². The van der Waals surface area contributed by atoms with Crippen molar-refractivity contribution in [2.45, 2.75) is 81.6 Å². The number of hydrogen-bond donors (Lipinski definition) is 0. The highest BCUT2D eigenvalue weighted by atomic mass is 14.2. The van der Waals surface area contributed by atoms with Gasteiger partial charge >= 0.3 is 0 Å². The molecule has 0 fully saturated rings. The lowest BCUT2D eigenvalue weighted by molar-refractivity contribution is 0.400. The molecule has 0 amide bonds. The van der Waals surface area contributed by atoms with Crippen molar-refractivity contribution in [2.75, 3.05) is 0 Å². The Labute approximate surface area is 133 Å². The smallest absolute Gasteiger partial charge is 0.0230 e. The Balaban J connectivity index is 3.13. The average Bonchev–Trinajstić information content (AvgIpc) is 2.06. The summed E-state index contributed by atoms with van der Waals surface area (Å²) >= 11 is 0. The van der Waals surface area contributed by atoms with Crippen LogP contribution in [0.2, 0.25) is 0 Å². The maximum Gasteiger partial charge on any atom is -0.0230 e. The average molecular weight is 289 g/mol. The van der Waals surface area contributed by atoms with E-state index in [2.05, 4.69) is 80.5 Å². The number of benzene rings is 1. The van der Waals surface area contributed by atoms with Crippen molar-refractivity contribution in [1.82, 2.24) is 0 Å². The molecule has 1 aromatic carbocycles. The van der Waals surface area contributed by atoms with E-state index in [-0.39, 0.29) is 0 Å². The second kappa shape index (κ2) is 6.15. The molecule has 0 aromatic heterocycles. The van der Waals surface area contributed by atoms with Gasteiger partial charge in [0.25, 0.3) is 0 Å². The van der Waals surface area contributed by atoms with Crippen LogP contribution in [0.1, 0.15) is 79.0 Å². The SMILES string of the molecule is CC(C)(C)Cc1cc(CC(C)(C)C)cc(CC(C)(C)C)c1. The first kappa shape index (κ1) is 18.3. The molecule has 0 saturated carbocycles. The van der Waals surface area contributed by atoms with Crippen LogP contribution in [-0.4, -0.2) is 0 Å². The summed E-state index contributed by atoms with van der Waals surface area (Å²) in [7, 11) is 0. The zero-order chi connectivity index (χ0) is 16.5. The quantitative estimate of drug-likeness (QED) is 0.599. The van der Waals surface area contributed by atoms with Gasteiger partial charge in [-0.2, -0.15) is 0 Å². The molecule has 0 spiro atoms. The Kier molecular flexibility index (Phi) is 5.35. The van der Waals surface area contributed by atoms with Gasteiger partial charge in [-0.3, -0.25) is 0 Å². The van der Waals surface area contributed by atoms with E-state index < -0.39 is 0 Å². The van der Waals surface area contributed by atoms with E-state index >= 15 is 0 Å². The molecule has 0 bridgehead atoms. The van der Waals surface area contributed by atoms with Crippen molar-refractivity contribution < 1.29 is 0 Å². The van der Waals surface area contributed by atoms with Crippen LogP contribution in [0.3, 0.4) is 0 Å². The lowest BCUT2D eigenvalue weighted by atomic mass is 9.81. The molecule has 1 aromatic rings. The van der Waals surface area contributed by atoms with Gasteiger partial charge in [-0.05, 0) is 52.2 Å². The third kappa shape index (κ3) is 8.29. The van der Waals surface area contributed by atoms with Gasteiger partial charge in [0.1, 0.15) is 0 Å². The molecule has 0 heteroatoms. The second-order valence-electron chi connectivity index (χ2n) is 10.4. The lowest BCUT2D eigenvalue weighted by Gasteiger charge is -2.24. The minimum atomic E-state index is 0.347. The Hall–Kier alpha value is -0.780. The van der Waals surface area contributed by atoms with E-state index in [9.17, 15) is 0 Å². The molecule has 0 nitrogen and oxygen atoms in total. The molecule has 0 saturated heterocycles. The summed E-state index contributed by atoms with van der Waals surface area (Å²) in [4.78, 5) is 0. The van der Waals surface area contributed by atoms with Gasteiger partial charge in [0.05, 0.1) is 0 Å². The van der Waals surface area contributed by atoms with E-state index in [4.69, 9.17) is 0 Å². The van der Waals surface area contributed by atoms with E-state index in [0.29, 0.717) is 16.2 Å². The predicted molar refractivity (Wildman–Crippen MR) is 95.9 cm³/mol. The van der Waals surface area contributed by atoms with Crippen LogP contribution in [0.25, 0.3) is 0 Å². The first-order valence-corrected chi connectivity index (χ1v) is 8.35. The highest BCUT2D eigenvalue weighted by molar-refractivity contribution is 5.32. The number of rotatable bonds is 3. The van der Waals surface area contributed by atoms with Crippen molar-refractivity contribution in [3.63, 3.8) is 0 Å². The molecule has 0 aliphatic carbocycles. The van der Waals surface area contributed by atoms with Gasteiger partial charge in [-0.25, -0.2) is 0 Å². The van der Waals surface area contributed by atoms with Gasteiger partial charge in [0.15, 0.2) is 0 Å². The fourth-order valence-electron chi connectivity index (χ4n) is 2.98. The van der Waals surface area contributed by atoms with E-state index in [1.54, 1.807) is 0 Å². The Morgan fingerprint density at radius 1 is 0.476 bits per heavy atom. The topological polar surface area (TPSA) is 0 Å². The largest absolute Gasteiger partial charge is 0.0599 e. The molecule has 0 N–H and O–H groups in total. The Bertz CT molecular complexity index is 375. The van der Waals surface area contributed by atoms with Crippen LogP contribution in [-0.2, 0) is 19.3 Å². The molecule has 1 rings (SSSR count). The van der Waals surface area contributed by atoms with E-state index in [1.807, 2.05) is 0 Å². The normalized spacial score (nSPS) is 13.6. The van der Waals surface area contributed by atoms with Crippen molar-refractivity contribution in [1.29, 1.82) is 0 Å². The molecule has 0 atom stereocenters. The molecule has 0 unspecified atom stereocenters. The van der Waals surface area contributed by atoms with Crippen molar-refractivity contribution in [2.24, 2.45) is 16.2 Å². The standard InChI is InChI=1S/C21H36/c1-19(2,3)13-16-10-17(14-20(4,5)6)12-18(11-16)15-21(7,8)9/h10-12H,13-15H2,1-9H3. The van der Waals surface area contributed by atoms with Gasteiger partial charge < -0.3 is 0 Å². The zero-order valence-corrected chi connectivity index (χ0v) is 15.9. The van der Waals surface area contributed by atoms with Crippen molar-refractivity contribution in [3.8, 4) is 0 Å². The fourth-order valence-corrected chi connectivity index (χ4v) is 2.98. The molecule has 0 radical (unpaired) electrons. The fraction of sp³-hybridized carbons (Fsp3) is 0.714. The third-order valence-corrected chi connectivity index (χ3v) is 3.32. The van der Waals surface area contributed by atoms with Crippen molar-refractivity contribution in [3.05, 3.63) is 34.9 Å². The second-order valence-corrected chi connectivity index (χ2v) is 10.4. The number of hydrogen-bond acceptors (Lipinski definition) is 0. The van der Waals surface area contributed by atoms with Crippen LogP contribution in [0, 0.1) is 16.2 Å². The van der Waals surface area contributed by atoms with Gasteiger partial charge in [-0.15, -0.1) is 0 Å². The monoisotopic (exact) mass is 288 g/mol. The summed E-state index contributed by atoms with van der Waals surface area (Å²) in [5, 5.41) is 0. The first-order chi connectivity index (χ1) is 9.23. The molecule has 0 aliphatic rings. The molecular formula is C21H36. The van der Waals surface area contributed by atoms with Crippen LogP contribution < -0.4 is 0 Å². The van der Waals surface area contributed by atoms with Gasteiger partial charge in [-0.1, -0.05) is 80.5 Å². The van der Waals surface area contributed by atoms with Crippen LogP contribution in [0.4, 0.5) is 0 Å². The molecule has 0 aliphatic heterocycles. The molecule has 120 valence electrons. The van der Waals surface area contributed by atoms with E-state index in [1.165, 1.54) is 16.7 Å². The first-order valence-electron chi connectivity index (χ1n) is 8.35. The van der Waals surface area contributed by atoms with Gasteiger partial charge in [0, 0.05) is 0 Å². The third-order valence-electron chi connectivity index (χ3n) is 3.32. The van der Waals surface area contributed by atoms with Crippen molar-refractivity contribution >= 4 is 0 Å². The van der Waals surface area contributed by atoms with Crippen LogP contribution >= 0.6 is 0 Å². The maximum absolute atomic E-state index is 2.43. The van der Waals surface area contributed by atoms with Gasteiger partial charge in [0.2, 0.25) is 0 Å². The molecule has 0 heterocycles. The summed E-state index contributed by atoms with van der Waals surface area (Å²) in [6.45, 7) is 20.9. The zero-order valence-electron chi connectivity index (χ0n) is 15.9. The highest BCUT2D eigenvalue weighted by Gasteiger charge is 2.18. The highest BCUT2D eigenvalue weighted by Crippen LogP contribution is 2.28. The predicted octanol–water partition coefficient (Wildman–Crippen LogP) is 6.45. The van der Waals surface area contributed by atoms with Crippen LogP contribution in [0.15, 0.2) is 18.2 Å². The molecule has 21 heavy (non-hydrogen) atoms. The summed E-state index contributed by atoms with van der Waals surface area (Å²) in [5.74, 6) is 0. The molecular weight excluding hydrogens is 252 g/mol. The minimum Gasteiger partial charge on any atom is -0.0599 e. The Morgan fingerprint density at radius 2 is 0.667 bits per heavy atom. The lowest BCUT2D eigenvalue weighted by Crippen LogP contribution is -2.14. The maximum atomic E-state index is 2.43. The van der Waals surface area contributed by atoms with Crippen LogP contribution in [0.5, 0.6) is 0 Å². The Morgan fingerprint density at radius 3 is 0.810 bits per heavy atom. The summed E-state index contributed by atoms with van der Waals surface area (Å²) in [6.07, 6.45) is 3.46. The summed E-state index contributed by atoms with van der Waals surface area (Å²) < 4.78 is 0. The minimum absolute atomic E-state index is 0.347. The summed E-state index contributed by atoms with van der Waals surface area (Å²) in [5.41, 5.74) is 5.55. The summed E-state index contributed by atoms with van der Waals surface area (Å²) in [6, 6.07) is 7.30.